The Morgan fingerprint density at radius 2 is 1.94 bits per heavy atom. The Balaban J connectivity index is 2.34. The highest BCUT2D eigenvalue weighted by Crippen LogP contribution is 2.26. The van der Waals surface area contributed by atoms with Crippen molar-refractivity contribution in [3.63, 3.8) is 0 Å². The molecule has 1 aromatic carbocycles. The van der Waals surface area contributed by atoms with Gasteiger partial charge in [-0.25, -0.2) is 8.78 Å². The molecule has 0 aliphatic carbocycles. The van der Waals surface area contributed by atoms with E-state index in [1.54, 1.807) is 0 Å². The summed E-state index contributed by atoms with van der Waals surface area (Å²) in [5.74, 6) is -1.05. The Labute approximate surface area is 103 Å². The van der Waals surface area contributed by atoms with E-state index < -0.39 is 17.7 Å². The number of aliphatic hydroxyl groups is 1. The fraction of sp³-hybridized carbons (Fsp3) is 0.154. The molecule has 0 fully saturated rings. The lowest BCUT2D eigenvalue weighted by Crippen LogP contribution is -2.02. The van der Waals surface area contributed by atoms with E-state index in [4.69, 9.17) is 4.74 Å². The van der Waals surface area contributed by atoms with Gasteiger partial charge in [0.2, 0.25) is 0 Å². The average Bonchev–Trinajstić information content (AvgIpc) is 2.37. The fourth-order valence-corrected chi connectivity index (χ4v) is 1.62. The monoisotopic (exact) mass is 251 g/mol. The van der Waals surface area contributed by atoms with E-state index in [9.17, 15) is 13.9 Å². The molecule has 1 heterocycles. The Morgan fingerprint density at radius 1 is 1.17 bits per heavy atom. The number of methoxy groups -OCH3 is 1. The van der Waals surface area contributed by atoms with Crippen LogP contribution in [0.2, 0.25) is 0 Å². The molecular weight excluding hydrogens is 240 g/mol. The lowest BCUT2D eigenvalue weighted by Gasteiger charge is -2.12. The van der Waals surface area contributed by atoms with Gasteiger partial charge in [0, 0.05) is 11.8 Å². The number of halogens is 2. The molecule has 5 heteroatoms. The number of hydrogen-bond donors (Lipinski definition) is 1. The highest BCUT2D eigenvalue weighted by molar-refractivity contribution is 5.34. The zero-order valence-corrected chi connectivity index (χ0v) is 9.60. The highest BCUT2D eigenvalue weighted by atomic mass is 19.1. The quantitative estimate of drug-likeness (QED) is 0.911. The summed E-state index contributed by atoms with van der Waals surface area (Å²) in [6, 6.07) is 5.21. The molecule has 2 aromatic rings. The van der Waals surface area contributed by atoms with Crippen LogP contribution >= 0.6 is 0 Å². The number of aromatic nitrogens is 1. The molecule has 1 unspecified atom stereocenters. The summed E-state index contributed by atoms with van der Waals surface area (Å²) in [5.41, 5.74) is 0.570. The van der Waals surface area contributed by atoms with Crippen LogP contribution in [-0.4, -0.2) is 17.2 Å². The third-order valence-corrected chi connectivity index (χ3v) is 2.53. The summed E-state index contributed by atoms with van der Waals surface area (Å²) in [7, 11) is 1.35. The van der Waals surface area contributed by atoms with E-state index in [-0.39, 0.29) is 11.3 Å². The molecular formula is C13H11F2NO2. The summed E-state index contributed by atoms with van der Waals surface area (Å²) in [6.45, 7) is 0. The first kappa shape index (κ1) is 12.4. The minimum Gasteiger partial charge on any atom is -0.494 e. The van der Waals surface area contributed by atoms with Crippen molar-refractivity contribution >= 4 is 0 Å². The second kappa shape index (κ2) is 5.10. The molecule has 0 aliphatic rings. The van der Waals surface area contributed by atoms with Crippen LogP contribution in [0.4, 0.5) is 8.78 Å². The van der Waals surface area contributed by atoms with Crippen LogP contribution in [0.15, 0.2) is 36.7 Å². The van der Waals surface area contributed by atoms with Gasteiger partial charge < -0.3 is 9.84 Å². The molecule has 1 aromatic heterocycles. The largest absolute Gasteiger partial charge is 0.494 e. The van der Waals surface area contributed by atoms with Crippen molar-refractivity contribution in [1.29, 1.82) is 0 Å². The molecule has 1 atom stereocenters. The van der Waals surface area contributed by atoms with E-state index in [1.807, 2.05) is 0 Å². The maximum Gasteiger partial charge on any atom is 0.165 e. The minimum atomic E-state index is -1.13. The van der Waals surface area contributed by atoms with Gasteiger partial charge >= 0.3 is 0 Å². The maximum absolute atomic E-state index is 13.5. The van der Waals surface area contributed by atoms with Crippen LogP contribution in [0.5, 0.6) is 5.75 Å². The van der Waals surface area contributed by atoms with Crippen LogP contribution < -0.4 is 4.74 Å². The number of pyridine rings is 1. The number of rotatable bonds is 3. The molecule has 0 saturated carbocycles. The predicted molar refractivity (Wildman–Crippen MR) is 61.2 cm³/mol. The van der Waals surface area contributed by atoms with Crippen molar-refractivity contribution in [2.45, 2.75) is 6.10 Å². The molecule has 0 radical (unpaired) electrons. The molecule has 94 valence electrons. The van der Waals surface area contributed by atoms with E-state index >= 15 is 0 Å². The van der Waals surface area contributed by atoms with Gasteiger partial charge in [-0.15, -0.1) is 0 Å². The fourth-order valence-electron chi connectivity index (χ4n) is 1.62. The SMILES string of the molecule is COc1ccc(C(O)c2cncc(F)c2)cc1F. The predicted octanol–water partition coefficient (Wildman–Crippen LogP) is 2.45. The third kappa shape index (κ3) is 2.46. The Bertz CT molecular complexity index is 560. The summed E-state index contributed by atoms with van der Waals surface area (Å²) >= 11 is 0. The van der Waals surface area contributed by atoms with Crippen LogP contribution in [-0.2, 0) is 0 Å². The zero-order valence-electron chi connectivity index (χ0n) is 9.60. The highest BCUT2D eigenvalue weighted by Gasteiger charge is 2.14. The van der Waals surface area contributed by atoms with Crippen molar-refractivity contribution in [1.82, 2.24) is 4.98 Å². The molecule has 3 nitrogen and oxygen atoms in total. The summed E-state index contributed by atoms with van der Waals surface area (Å²) in [6.07, 6.45) is 1.23. The first-order chi connectivity index (χ1) is 8.61. The average molecular weight is 251 g/mol. The lowest BCUT2D eigenvalue weighted by atomic mass is 10.0. The smallest absolute Gasteiger partial charge is 0.165 e. The molecule has 0 aliphatic heterocycles. The van der Waals surface area contributed by atoms with Crippen LogP contribution in [0, 0.1) is 11.6 Å². The van der Waals surface area contributed by atoms with Gasteiger partial charge in [0.05, 0.1) is 13.3 Å². The molecule has 0 saturated heterocycles. The normalized spacial score (nSPS) is 12.2. The summed E-state index contributed by atoms with van der Waals surface area (Å²) < 4.78 is 31.2. The number of benzene rings is 1. The van der Waals surface area contributed by atoms with E-state index in [0.717, 1.165) is 18.3 Å². The first-order valence-electron chi connectivity index (χ1n) is 5.24. The van der Waals surface area contributed by atoms with Crippen molar-refractivity contribution in [3.05, 3.63) is 59.4 Å². The Hall–Kier alpha value is -2.01. The van der Waals surface area contributed by atoms with Crippen molar-refractivity contribution < 1.29 is 18.6 Å². The van der Waals surface area contributed by atoms with Gasteiger partial charge in [-0.1, -0.05) is 6.07 Å². The van der Waals surface area contributed by atoms with Gasteiger partial charge in [-0.05, 0) is 23.8 Å². The maximum atomic E-state index is 13.5. The topological polar surface area (TPSA) is 42.4 Å². The van der Waals surface area contributed by atoms with Crippen molar-refractivity contribution in [3.8, 4) is 5.75 Å². The summed E-state index contributed by atoms with van der Waals surface area (Å²) in [5, 5.41) is 9.99. The number of hydrogen-bond acceptors (Lipinski definition) is 3. The van der Waals surface area contributed by atoms with E-state index in [2.05, 4.69) is 4.98 Å². The Kier molecular flexibility index (Phi) is 3.53. The molecule has 18 heavy (non-hydrogen) atoms. The van der Waals surface area contributed by atoms with Crippen LogP contribution in [0.3, 0.4) is 0 Å². The molecule has 2 rings (SSSR count). The molecule has 1 N–H and O–H groups in total. The molecule has 0 spiro atoms. The first-order valence-corrected chi connectivity index (χ1v) is 5.24. The number of ether oxygens (including phenoxy) is 1. The molecule has 0 bridgehead atoms. The van der Waals surface area contributed by atoms with Crippen LogP contribution in [0.25, 0.3) is 0 Å². The third-order valence-electron chi connectivity index (χ3n) is 2.53. The second-order valence-electron chi connectivity index (χ2n) is 3.73. The standard InChI is InChI=1S/C13H11F2NO2/c1-18-12-3-2-8(5-11(12)15)13(17)9-4-10(14)7-16-6-9/h2-7,13,17H,1H3. The Morgan fingerprint density at radius 3 is 2.56 bits per heavy atom. The summed E-state index contributed by atoms with van der Waals surface area (Å²) in [4.78, 5) is 3.63. The van der Waals surface area contributed by atoms with Crippen molar-refractivity contribution in [2.75, 3.05) is 7.11 Å². The molecule has 0 amide bonds. The van der Waals surface area contributed by atoms with Crippen LogP contribution in [0.1, 0.15) is 17.2 Å². The lowest BCUT2D eigenvalue weighted by molar-refractivity contribution is 0.218. The van der Waals surface area contributed by atoms with E-state index in [1.165, 1.54) is 25.4 Å². The number of nitrogens with zero attached hydrogens (tertiary/aromatic N) is 1. The number of aliphatic hydroxyl groups excluding tert-OH is 1. The van der Waals surface area contributed by atoms with Crippen molar-refractivity contribution in [2.24, 2.45) is 0 Å². The minimum absolute atomic E-state index is 0.0864. The van der Waals surface area contributed by atoms with Gasteiger partial charge in [0.25, 0.3) is 0 Å². The van der Waals surface area contributed by atoms with Gasteiger partial charge in [0.1, 0.15) is 11.9 Å². The zero-order chi connectivity index (χ0) is 13.1. The second-order valence-corrected chi connectivity index (χ2v) is 3.73. The van der Waals surface area contributed by atoms with Gasteiger partial charge in [-0.2, -0.15) is 0 Å². The van der Waals surface area contributed by atoms with Gasteiger partial charge in [0.15, 0.2) is 11.6 Å². The van der Waals surface area contributed by atoms with E-state index in [0.29, 0.717) is 5.56 Å². The van der Waals surface area contributed by atoms with Gasteiger partial charge in [-0.3, -0.25) is 4.98 Å².